The number of carbonyl (C=O) groups is 1. The van der Waals surface area contributed by atoms with E-state index in [0.717, 1.165) is 24.0 Å². The van der Waals surface area contributed by atoms with Crippen LogP contribution < -0.4 is 15.4 Å². The lowest BCUT2D eigenvalue weighted by Gasteiger charge is -2.19. The molecule has 0 aliphatic carbocycles. The number of aryl methyl sites for hydroxylation is 1. The minimum atomic E-state index is -0.676. The highest BCUT2D eigenvalue weighted by atomic mass is 16.5. The van der Waals surface area contributed by atoms with E-state index in [0.29, 0.717) is 41.3 Å². The fraction of sp³-hybridized carbons (Fsp3) is 0.478. The highest BCUT2D eigenvalue weighted by molar-refractivity contribution is 5.91. The summed E-state index contributed by atoms with van der Waals surface area (Å²) in [5, 5.41) is 29.6. The molecule has 0 radical (unpaired) electrons. The average Bonchev–Trinajstić information content (AvgIpc) is 3.14. The van der Waals surface area contributed by atoms with Crippen molar-refractivity contribution in [3.05, 3.63) is 35.0 Å². The monoisotopic (exact) mass is 472 g/mol. The first kappa shape index (κ1) is 25.2. The normalized spacial score (nSPS) is 11.9. The summed E-state index contributed by atoms with van der Waals surface area (Å²) in [4.78, 5) is 20.8. The van der Waals surface area contributed by atoms with Crippen LogP contribution in [-0.4, -0.2) is 62.9 Å². The minimum absolute atomic E-state index is 0.0268. The average molecular weight is 473 g/mol. The molecule has 0 saturated carbocycles. The lowest BCUT2D eigenvalue weighted by atomic mass is 10.1. The molecule has 11 nitrogen and oxygen atoms in total. The topological polar surface area (TPSA) is 144 Å². The van der Waals surface area contributed by atoms with Gasteiger partial charge < -0.3 is 25.0 Å². The molecule has 2 aromatic heterocycles. The van der Waals surface area contributed by atoms with Gasteiger partial charge in [-0.3, -0.25) is 10.00 Å². The number of rotatable bonds is 11. The molecule has 0 aliphatic rings. The number of aliphatic hydroxyl groups excluding tert-OH is 2. The second-order valence-corrected chi connectivity index (χ2v) is 7.90. The van der Waals surface area contributed by atoms with Gasteiger partial charge in [0.15, 0.2) is 5.82 Å². The number of ether oxygens (including phenoxy) is 2. The SMILES string of the molecule is CCC[C@@H](CCO)Nc1nc(NC(=O)OC)nc2c(C)nn(Cc3ccc(CO)cc3OC)c12. The molecule has 1 aromatic carbocycles. The Morgan fingerprint density at radius 1 is 1.21 bits per heavy atom. The van der Waals surface area contributed by atoms with Gasteiger partial charge in [-0.2, -0.15) is 10.1 Å². The maximum atomic E-state index is 11.8. The van der Waals surface area contributed by atoms with Crippen LogP contribution in [0.25, 0.3) is 11.0 Å². The Morgan fingerprint density at radius 3 is 2.65 bits per heavy atom. The van der Waals surface area contributed by atoms with Crippen LogP contribution in [0.4, 0.5) is 16.6 Å². The first-order chi connectivity index (χ1) is 16.4. The number of benzene rings is 1. The van der Waals surface area contributed by atoms with Crippen LogP contribution in [0.1, 0.15) is 43.0 Å². The molecule has 0 bridgehead atoms. The standard InChI is InChI=1S/C23H32N6O5/c1-5-6-17(9-10-30)24-21-20-19(25-22(26-21)27-23(32)34-4)14(2)28-29(20)12-16-8-7-15(13-31)11-18(16)33-3/h7-8,11,17,30-31H,5-6,9-10,12-13H2,1-4H3,(H2,24,25,26,27,32)/t17-/m0/s1. The van der Waals surface area contributed by atoms with Crippen LogP contribution in [0.3, 0.4) is 0 Å². The first-order valence-corrected chi connectivity index (χ1v) is 11.2. The van der Waals surface area contributed by atoms with Crippen LogP contribution in [0.2, 0.25) is 0 Å². The highest BCUT2D eigenvalue weighted by Crippen LogP contribution is 2.29. The van der Waals surface area contributed by atoms with Crippen molar-refractivity contribution in [2.45, 2.75) is 52.3 Å². The molecule has 4 N–H and O–H groups in total. The van der Waals surface area contributed by atoms with Crippen molar-refractivity contribution in [1.29, 1.82) is 0 Å². The number of methoxy groups -OCH3 is 2. The molecule has 0 aliphatic heterocycles. The molecule has 0 fully saturated rings. The van der Waals surface area contributed by atoms with Crippen LogP contribution in [-0.2, 0) is 17.9 Å². The van der Waals surface area contributed by atoms with Crippen molar-refractivity contribution in [3.63, 3.8) is 0 Å². The van der Waals surface area contributed by atoms with Crippen LogP contribution in [0, 0.1) is 6.92 Å². The lowest BCUT2D eigenvalue weighted by molar-refractivity contribution is 0.186. The highest BCUT2D eigenvalue weighted by Gasteiger charge is 2.21. The smallest absolute Gasteiger partial charge is 0.413 e. The molecule has 1 amide bonds. The van der Waals surface area contributed by atoms with E-state index >= 15 is 0 Å². The molecule has 0 spiro atoms. The summed E-state index contributed by atoms with van der Waals surface area (Å²) in [5.74, 6) is 1.22. The van der Waals surface area contributed by atoms with Crippen LogP contribution >= 0.6 is 0 Å². The summed E-state index contributed by atoms with van der Waals surface area (Å²) in [6.45, 7) is 4.23. The maximum absolute atomic E-state index is 11.8. The third-order valence-electron chi connectivity index (χ3n) is 5.46. The van der Waals surface area contributed by atoms with Crippen molar-refractivity contribution in [2.75, 3.05) is 31.5 Å². The second kappa shape index (κ2) is 11.6. The van der Waals surface area contributed by atoms with E-state index in [1.165, 1.54) is 7.11 Å². The number of amides is 1. The quantitative estimate of drug-likeness (QED) is 0.331. The number of aliphatic hydroxyl groups is 2. The van der Waals surface area contributed by atoms with Gasteiger partial charge in [-0.05, 0) is 31.4 Å². The molecule has 3 aromatic rings. The van der Waals surface area contributed by atoms with Crippen molar-refractivity contribution in [3.8, 4) is 5.75 Å². The van der Waals surface area contributed by atoms with Gasteiger partial charge in [0.05, 0.1) is 33.1 Å². The molecule has 1 atom stereocenters. The predicted molar refractivity (Wildman–Crippen MR) is 128 cm³/mol. The third-order valence-corrected chi connectivity index (χ3v) is 5.46. The van der Waals surface area contributed by atoms with Gasteiger partial charge in [0.1, 0.15) is 16.8 Å². The van der Waals surface area contributed by atoms with Gasteiger partial charge in [0.25, 0.3) is 0 Å². The summed E-state index contributed by atoms with van der Waals surface area (Å²) in [5.41, 5.74) is 3.52. The van der Waals surface area contributed by atoms with Gasteiger partial charge >= 0.3 is 6.09 Å². The molecular weight excluding hydrogens is 440 g/mol. The second-order valence-electron chi connectivity index (χ2n) is 7.90. The van der Waals surface area contributed by atoms with E-state index in [2.05, 4.69) is 37.4 Å². The van der Waals surface area contributed by atoms with Gasteiger partial charge in [0, 0.05) is 18.2 Å². The summed E-state index contributed by atoms with van der Waals surface area (Å²) >= 11 is 0. The Kier molecular flexibility index (Phi) is 8.61. The van der Waals surface area contributed by atoms with Gasteiger partial charge in [-0.1, -0.05) is 25.5 Å². The molecule has 2 heterocycles. The van der Waals surface area contributed by atoms with E-state index in [1.54, 1.807) is 17.9 Å². The lowest BCUT2D eigenvalue weighted by Crippen LogP contribution is -2.23. The predicted octanol–water partition coefficient (Wildman–Crippen LogP) is 2.83. The van der Waals surface area contributed by atoms with Crippen molar-refractivity contribution in [2.24, 2.45) is 0 Å². The molecule has 34 heavy (non-hydrogen) atoms. The first-order valence-electron chi connectivity index (χ1n) is 11.2. The Morgan fingerprint density at radius 2 is 2.00 bits per heavy atom. The maximum Gasteiger partial charge on any atom is 0.413 e. The number of anilines is 2. The number of fused-ring (bicyclic) bond motifs is 1. The Labute approximate surface area is 198 Å². The van der Waals surface area contributed by atoms with Crippen molar-refractivity contribution in [1.82, 2.24) is 19.7 Å². The molecule has 0 unspecified atom stereocenters. The van der Waals surface area contributed by atoms with Crippen LogP contribution in [0.5, 0.6) is 5.75 Å². The summed E-state index contributed by atoms with van der Waals surface area (Å²) in [6, 6.07) is 5.49. The zero-order chi connectivity index (χ0) is 24.7. The summed E-state index contributed by atoms with van der Waals surface area (Å²) < 4.78 is 12.0. The number of hydrogen-bond acceptors (Lipinski definition) is 9. The van der Waals surface area contributed by atoms with E-state index in [4.69, 9.17) is 4.74 Å². The van der Waals surface area contributed by atoms with E-state index < -0.39 is 6.09 Å². The molecule has 0 saturated heterocycles. The van der Waals surface area contributed by atoms with Crippen molar-refractivity contribution >= 4 is 28.9 Å². The minimum Gasteiger partial charge on any atom is -0.496 e. The third kappa shape index (κ3) is 5.72. The summed E-state index contributed by atoms with van der Waals surface area (Å²) in [6.07, 6.45) is 1.62. The molecule has 3 rings (SSSR count). The zero-order valence-electron chi connectivity index (χ0n) is 20.0. The van der Waals surface area contributed by atoms with Crippen LogP contribution in [0.15, 0.2) is 18.2 Å². The molecule has 184 valence electrons. The number of nitrogens with zero attached hydrogens (tertiary/aromatic N) is 4. The van der Waals surface area contributed by atoms with Gasteiger partial charge in [-0.15, -0.1) is 0 Å². The Bertz CT molecular complexity index is 1130. The van der Waals surface area contributed by atoms with Gasteiger partial charge in [-0.25, -0.2) is 9.78 Å². The fourth-order valence-electron chi connectivity index (χ4n) is 3.81. The summed E-state index contributed by atoms with van der Waals surface area (Å²) in [7, 11) is 2.85. The molecule has 11 heteroatoms. The number of carbonyl (C=O) groups excluding carboxylic acids is 1. The Balaban J connectivity index is 2.11. The number of aromatic nitrogens is 4. The fourth-order valence-corrected chi connectivity index (χ4v) is 3.81. The number of hydrogen-bond donors (Lipinski definition) is 4. The Hall–Kier alpha value is -3.44. The van der Waals surface area contributed by atoms with Crippen molar-refractivity contribution < 1.29 is 24.5 Å². The van der Waals surface area contributed by atoms with Gasteiger partial charge in [0.2, 0.25) is 5.95 Å². The van der Waals surface area contributed by atoms with E-state index in [1.807, 2.05) is 19.1 Å². The van der Waals surface area contributed by atoms with E-state index in [-0.39, 0.29) is 25.2 Å². The zero-order valence-corrected chi connectivity index (χ0v) is 20.0. The largest absolute Gasteiger partial charge is 0.496 e. The number of nitrogens with one attached hydrogen (secondary N) is 2. The van der Waals surface area contributed by atoms with E-state index in [9.17, 15) is 15.0 Å². The molecular formula is C23H32N6O5.